The van der Waals surface area contributed by atoms with E-state index < -0.39 is 29.9 Å². The molecule has 1 aliphatic heterocycles. The number of ether oxygens (including phenoxy) is 1. The van der Waals surface area contributed by atoms with Crippen LogP contribution >= 0.6 is 0 Å². The van der Waals surface area contributed by atoms with Crippen molar-refractivity contribution in [2.75, 3.05) is 19.0 Å². The molecule has 2 N–H and O–H groups in total. The molecule has 4 rings (SSSR count). The third-order valence-corrected chi connectivity index (χ3v) is 5.24. The van der Waals surface area contributed by atoms with E-state index in [1.807, 2.05) is 13.0 Å². The zero-order chi connectivity index (χ0) is 22.9. The lowest BCUT2D eigenvalue weighted by atomic mass is 9.91. The maximum atomic E-state index is 13.2. The highest BCUT2D eigenvalue weighted by Crippen LogP contribution is 2.30. The summed E-state index contributed by atoms with van der Waals surface area (Å²) in [5.41, 5.74) is 1.20. The van der Waals surface area contributed by atoms with Gasteiger partial charge in [0.1, 0.15) is 24.2 Å². The Balaban J connectivity index is 1.54. The number of tetrazole rings is 1. The highest BCUT2D eigenvalue weighted by molar-refractivity contribution is 6.10. The minimum absolute atomic E-state index is 0.440. The van der Waals surface area contributed by atoms with E-state index in [4.69, 9.17) is 4.74 Å². The topological polar surface area (TPSA) is 131 Å². The van der Waals surface area contributed by atoms with Gasteiger partial charge in [-0.2, -0.15) is 0 Å². The van der Waals surface area contributed by atoms with Crippen molar-refractivity contribution in [2.45, 2.75) is 19.4 Å². The van der Waals surface area contributed by atoms with E-state index in [9.17, 15) is 14.4 Å². The number of hydrogen-bond donors (Lipinski definition) is 2. The van der Waals surface area contributed by atoms with Crippen LogP contribution in [0, 0.1) is 6.92 Å². The Labute approximate surface area is 183 Å². The summed E-state index contributed by atoms with van der Waals surface area (Å²) >= 11 is 0. The molecule has 3 aromatic rings. The van der Waals surface area contributed by atoms with Crippen molar-refractivity contribution in [3.63, 3.8) is 0 Å². The number of hydrogen-bond acceptors (Lipinski definition) is 7. The Morgan fingerprint density at radius 2 is 2.03 bits per heavy atom. The van der Waals surface area contributed by atoms with Crippen LogP contribution in [-0.4, -0.2) is 56.6 Å². The van der Waals surface area contributed by atoms with E-state index in [-0.39, 0.29) is 0 Å². The monoisotopic (exact) mass is 435 g/mol. The summed E-state index contributed by atoms with van der Waals surface area (Å²) in [5.74, 6) is -0.586. The average molecular weight is 435 g/mol. The first-order valence-electron chi connectivity index (χ1n) is 9.74. The minimum Gasteiger partial charge on any atom is -0.495 e. The Morgan fingerprint density at radius 3 is 2.75 bits per heavy atom. The SMILES string of the molecule is COc1ccc(C)cc1NC(=O)CN1C(=O)N[C@@](C)(c2cccc(-n3cnnn3)c2)C1=O. The van der Waals surface area contributed by atoms with E-state index in [0.29, 0.717) is 22.7 Å². The first-order valence-corrected chi connectivity index (χ1v) is 9.74. The molecule has 1 atom stereocenters. The molecule has 11 nitrogen and oxygen atoms in total. The van der Waals surface area contributed by atoms with Gasteiger partial charge in [0.2, 0.25) is 5.91 Å². The molecule has 2 heterocycles. The van der Waals surface area contributed by atoms with Crippen LogP contribution in [0.1, 0.15) is 18.1 Å². The van der Waals surface area contributed by atoms with E-state index >= 15 is 0 Å². The predicted molar refractivity (Wildman–Crippen MR) is 113 cm³/mol. The maximum absolute atomic E-state index is 13.2. The van der Waals surface area contributed by atoms with Crippen molar-refractivity contribution in [1.82, 2.24) is 30.4 Å². The number of benzene rings is 2. The molecule has 164 valence electrons. The number of carbonyl (C=O) groups is 3. The minimum atomic E-state index is -1.34. The molecule has 1 aromatic heterocycles. The fraction of sp³-hybridized carbons (Fsp3) is 0.238. The summed E-state index contributed by atoms with van der Waals surface area (Å²) in [7, 11) is 1.49. The first-order chi connectivity index (χ1) is 15.3. The molecule has 0 saturated carbocycles. The Kier molecular flexibility index (Phi) is 5.31. The van der Waals surface area contributed by atoms with Crippen molar-refractivity contribution in [3.05, 3.63) is 59.9 Å². The van der Waals surface area contributed by atoms with Crippen LogP contribution in [-0.2, 0) is 15.1 Å². The normalized spacial score (nSPS) is 17.9. The third-order valence-electron chi connectivity index (χ3n) is 5.24. The summed E-state index contributed by atoms with van der Waals surface area (Å²) in [6.07, 6.45) is 1.42. The van der Waals surface area contributed by atoms with Gasteiger partial charge in [-0.1, -0.05) is 18.2 Å². The van der Waals surface area contributed by atoms with Gasteiger partial charge in [-0.15, -0.1) is 5.10 Å². The maximum Gasteiger partial charge on any atom is 0.325 e. The van der Waals surface area contributed by atoms with Crippen LogP contribution in [0.4, 0.5) is 10.5 Å². The molecule has 32 heavy (non-hydrogen) atoms. The number of anilines is 1. The average Bonchev–Trinajstić information content (AvgIpc) is 3.38. The molecule has 0 unspecified atom stereocenters. The molecule has 0 bridgehead atoms. The summed E-state index contributed by atoms with van der Waals surface area (Å²) in [6.45, 7) is 3.03. The molecule has 0 spiro atoms. The number of aryl methyl sites for hydroxylation is 1. The van der Waals surface area contributed by atoms with Crippen LogP contribution in [0.2, 0.25) is 0 Å². The lowest BCUT2D eigenvalue weighted by Gasteiger charge is -2.22. The summed E-state index contributed by atoms with van der Waals surface area (Å²) < 4.78 is 6.69. The number of amides is 4. The van der Waals surface area contributed by atoms with Gasteiger partial charge >= 0.3 is 6.03 Å². The zero-order valence-corrected chi connectivity index (χ0v) is 17.7. The summed E-state index contributed by atoms with van der Waals surface area (Å²) in [4.78, 5) is 39.3. The smallest absolute Gasteiger partial charge is 0.325 e. The van der Waals surface area contributed by atoms with Crippen molar-refractivity contribution in [2.24, 2.45) is 0 Å². The van der Waals surface area contributed by atoms with Crippen LogP contribution < -0.4 is 15.4 Å². The van der Waals surface area contributed by atoms with Gasteiger partial charge in [-0.3, -0.25) is 14.5 Å². The van der Waals surface area contributed by atoms with Gasteiger partial charge in [0.05, 0.1) is 18.5 Å². The molecule has 1 aliphatic rings. The van der Waals surface area contributed by atoms with Crippen LogP contribution in [0.15, 0.2) is 48.8 Å². The molecule has 1 saturated heterocycles. The number of aromatic nitrogens is 4. The van der Waals surface area contributed by atoms with Gasteiger partial charge in [0, 0.05) is 0 Å². The fourth-order valence-electron chi connectivity index (χ4n) is 3.53. The van der Waals surface area contributed by atoms with E-state index in [0.717, 1.165) is 10.5 Å². The largest absolute Gasteiger partial charge is 0.495 e. The van der Waals surface area contributed by atoms with Crippen LogP contribution in [0.25, 0.3) is 5.69 Å². The molecule has 0 aliphatic carbocycles. The molecular formula is C21H21N7O4. The quantitative estimate of drug-likeness (QED) is 0.559. The molecule has 2 aromatic carbocycles. The molecule has 0 radical (unpaired) electrons. The second-order valence-electron chi connectivity index (χ2n) is 7.50. The highest BCUT2D eigenvalue weighted by atomic mass is 16.5. The van der Waals surface area contributed by atoms with Crippen molar-refractivity contribution < 1.29 is 19.1 Å². The van der Waals surface area contributed by atoms with Gasteiger partial charge in [-0.25, -0.2) is 9.48 Å². The number of imide groups is 1. The van der Waals surface area contributed by atoms with Crippen LogP contribution in [0.5, 0.6) is 5.75 Å². The Morgan fingerprint density at radius 1 is 1.22 bits per heavy atom. The number of nitrogens with zero attached hydrogens (tertiary/aromatic N) is 5. The van der Waals surface area contributed by atoms with Gasteiger partial charge in [0.25, 0.3) is 5.91 Å². The number of methoxy groups -OCH3 is 1. The number of nitrogens with one attached hydrogen (secondary N) is 2. The second kappa shape index (κ2) is 8.10. The predicted octanol–water partition coefficient (Wildman–Crippen LogP) is 1.39. The standard InChI is InChI=1S/C21H21N7O4/c1-13-7-8-17(32-3)16(9-13)23-18(29)11-27-19(30)21(2,24-20(27)31)14-5-4-6-15(10-14)28-12-22-25-26-28/h4-10,12H,11H2,1-3H3,(H,23,29)(H,24,31)/t21-/m0/s1. The second-order valence-corrected chi connectivity index (χ2v) is 7.50. The Hall–Kier alpha value is -4.28. The highest BCUT2D eigenvalue weighted by Gasteiger charge is 2.49. The lowest BCUT2D eigenvalue weighted by Crippen LogP contribution is -2.42. The van der Waals surface area contributed by atoms with E-state index in [2.05, 4.69) is 26.2 Å². The lowest BCUT2D eigenvalue weighted by molar-refractivity contribution is -0.133. The van der Waals surface area contributed by atoms with Crippen molar-refractivity contribution in [3.8, 4) is 11.4 Å². The van der Waals surface area contributed by atoms with E-state index in [1.54, 1.807) is 43.3 Å². The van der Waals surface area contributed by atoms with Gasteiger partial charge in [0.15, 0.2) is 0 Å². The van der Waals surface area contributed by atoms with Gasteiger partial charge < -0.3 is 15.4 Å². The molecule has 4 amide bonds. The summed E-state index contributed by atoms with van der Waals surface area (Å²) in [6, 6.07) is 11.6. The van der Waals surface area contributed by atoms with Crippen LogP contribution in [0.3, 0.4) is 0 Å². The number of urea groups is 1. The van der Waals surface area contributed by atoms with Crippen molar-refractivity contribution in [1.29, 1.82) is 0 Å². The third kappa shape index (κ3) is 3.75. The summed E-state index contributed by atoms with van der Waals surface area (Å²) in [5, 5.41) is 16.4. The molecule has 11 heteroatoms. The van der Waals surface area contributed by atoms with E-state index in [1.165, 1.54) is 18.1 Å². The number of rotatable bonds is 6. The first kappa shape index (κ1) is 21.0. The number of carbonyl (C=O) groups excluding carboxylic acids is 3. The molecular weight excluding hydrogens is 414 g/mol. The fourth-order valence-corrected chi connectivity index (χ4v) is 3.53. The zero-order valence-electron chi connectivity index (χ0n) is 17.7. The van der Waals surface area contributed by atoms with Crippen molar-refractivity contribution >= 4 is 23.5 Å². The Bertz CT molecular complexity index is 1190. The molecule has 1 fully saturated rings. The van der Waals surface area contributed by atoms with Gasteiger partial charge in [-0.05, 0) is 59.7 Å².